The van der Waals surface area contributed by atoms with Gasteiger partial charge in [-0.15, -0.1) is 10.2 Å². The molecular formula is C12H11BrF2N2O. The maximum atomic E-state index is 13.9. The molecule has 0 aliphatic carbocycles. The molecule has 0 N–H and O–H groups in total. The number of alkyl halides is 1. The van der Waals surface area contributed by atoms with Gasteiger partial charge in [-0.3, -0.25) is 0 Å². The van der Waals surface area contributed by atoms with Crippen LogP contribution in [0.5, 0.6) is 0 Å². The second-order valence-electron chi connectivity index (χ2n) is 3.87. The molecule has 0 aliphatic heterocycles. The molecule has 2 aromatic rings. The van der Waals surface area contributed by atoms with Crippen LogP contribution in [0, 0.1) is 18.6 Å². The molecule has 0 fully saturated rings. The summed E-state index contributed by atoms with van der Waals surface area (Å²) in [7, 11) is 0. The van der Waals surface area contributed by atoms with Crippen LogP contribution in [0.3, 0.4) is 0 Å². The van der Waals surface area contributed by atoms with Crippen molar-refractivity contribution in [2.75, 3.05) is 0 Å². The molecule has 0 bridgehead atoms. The Labute approximate surface area is 111 Å². The summed E-state index contributed by atoms with van der Waals surface area (Å²) < 4.78 is 32.8. The minimum absolute atomic E-state index is 0.116. The number of halogens is 3. The summed E-state index contributed by atoms with van der Waals surface area (Å²) in [6.07, 6.45) is 0.737. The van der Waals surface area contributed by atoms with Crippen LogP contribution in [0.4, 0.5) is 8.78 Å². The van der Waals surface area contributed by atoms with Crippen molar-refractivity contribution in [1.29, 1.82) is 0 Å². The summed E-state index contributed by atoms with van der Waals surface area (Å²) in [5.74, 6) is -1.21. The second kappa shape index (κ2) is 5.14. The largest absolute Gasteiger partial charge is 0.419 e. The number of benzene rings is 1. The Morgan fingerprint density at radius 3 is 2.72 bits per heavy atom. The molecule has 96 valence electrons. The molecule has 18 heavy (non-hydrogen) atoms. The Balaban J connectivity index is 2.49. The maximum Gasteiger partial charge on any atom is 0.253 e. The predicted octanol–water partition coefficient (Wildman–Crippen LogP) is 4.17. The first-order valence-corrected chi connectivity index (χ1v) is 6.38. The molecule has 0 aliphatic rings. The van der Waals surface area contributed by atoms with Gasteiger partial charge in [0.2, 0.25) is 5.89 Å². The van der Waals surface area contributed by atoms with Crippen molar-refractivity contribution in [3.8, 4) is 11.5 Å². The first-order valence-electron chi connectivity index (χ1n) is 5.47. The summed E-state index contributed by atoms with van der Waals surface area (Å²) in [5, 5.41) is 7.47. The summed E-state index contributed by atoms with van der Waals surface area (Å²) in [5.41, 5.74) is 0.0570. The molecule has 0 amide bonds. The van der Waals surface area contributed by atoms with Crippen molar-refractivity contribution < 1.29 is 13.2 Å². The number of aryl methyl sites for hydroxylation is 1. The number of rotatable bonds is 3. The topological polar surface area (TPSA) is 38.9 Å². The Kier molecular flexibility index (Phi) is 3.75. The second-order valence-corrected chi connectivity index (χ2v) is 4.98. The van der Waals surface area contributed by atoms with Crippen LogP contribution >= 0.6 is 15.9 Å². The van der Waals surface area contributed by atoms with E-state index in [1.54, 1.807) is 6.92 Å². The quantitative estimate of drug-likeness (QED) is 0.798. The van der Waals surface area contributed by atoms with Gasteiger partial charge in [-0.25, -0.2) is 8.78 Å². The molecule has 0 radical (unpaired) electrons. The number of aromatic nitrogens is 2. The lowest BCUT2D eigenvalue weighted by atomic mass is 10.1. The first kappa shape index (κ1) is 13.1. The molecule has 1 aromatic carbocycles. The highest BCUT2D eigenvalue weighted by Gasteiger charge is 2.21. The van der Waals surface area contributed by atoms with Crippen molar-refractivity contribution in [2.45, 2.75) is 25.1 Å². The van der Waals surface area contributed by atoms with E-state index in [2.05, 4.69) is 26.1 Å². The van der Waals surface area contributed by atoms with Crippen molar-refractivity contribution in [3.63, 3.8) is 0 Å². The predicted molar refractivity (Wildman–Crippen MR) is 66.3 cm³/mol. The lowest BCUT2D eigenvalue weighted by Gasteiger charge is -2.03. The standard InChI is InChI=1S/C12H11BrF2N2O/c1-3-7(13)11-16-17-12(18-11)9-8(14)5-4-6(2)10(9)15/h4-5,7H,3H2,1-2H3. The summed E-state index contributed by atoms with van der Waals surface area (Å²) in [6, 6.07) is 2.55. The first-order chi connectivity index (χ1) is 8.54. The minimum atomic E-state index is -0.712. The molecule has 6 heteroatoms. The summed E-state index contributed by atoms with van der Waals surface area (Å²) in [6.45, 7) is 3.48. The molecular weight excluding hydrogens is 306 g/mol. The van der Waals surface area contributed by atoms with Gasteiger partial charge in [0, 0.05) is 0 Å². The fraction of sp³-hybridized carbons (Fsp3) is 0.333. The fourth-order valence-corrected chi connectivity index (χ4v) is 1.67. The van der Waals surface area contributed by atoms with E-state index in [0.717, 1.165) is 6.42 Å². The monoisotopic (exact) mass is 316 g/mol. The van der Waals surface area contributed by atoms with Crippen LogP contribution < -0.4 is 0 Å². The van der Waals surface area contributed by atoms with Crippen LogP contribution in [0.1, 0.15) is 29.6 Å². The highest BCUT2D eigenvalue weighted by Crippen LogP contribution is 2.31. The van der Waals surface area contributed by atoms with E-state index in [1.165, 1.54) is 12.1 Å². The van der Waals surface area contributed by atoms with Crippen molar-refractivity contribution >= 4 is 15.9 Å². The SMILES string of the molecule is CCC(Br)c1nnc(-c2c(F)ccc(C)c2F)o1. The zero-order valence-electron chi connectivity index (χ0n) is 9.88. The van der Waals surface area contributed by atoms with Crippen molar-refractivity contribution in [1.82, 2.24) is 10.2 Å². The molecule has 0 spiro atoms. The van der Waals surface area contributed by atoms with Crippen LogP contribution in [0.15, 0.2) is 16.5 Å². The Bertz CT molecular complexity index is 571. The van der Waals surface area contributed by atoms with Gasteiger partial charge in [0.15, 0.2) is 0 Å². The van der Waals surface area contributed by atoms with E-state index in [0.29, 0.717) is 11.5 Å². The van der Waals surface area contributed by atoms with E-state index in [9.17, 15) is 8.78 Å². The molecule has 1 unspecified atom stereocenters. The number of hydrogen-bond donors (Lipinski definition) is 0. The minimum Gasteiger partial charge on any atom is -0.419 e. The average Bonchev–Trinajstić information content (AvgIpc) is 2.83. The maximum absolute atomic E-state index is 13.9. The van der Waals surface area contributed by atoms with Crippen molar-refractivity contribution in [3.05, 3.63) is 35.2 Å². The van der Waals surface area contributed by atoms with Gasteiger partial charge in [0.05, 0.1) is 4.83 Å². The lowest BCUT2D eigenvalue weighted by molar-refractivity contribution is 0.489. The molecule has 1 atom stereocenters. The molecule has 3 nitrogen and oxygen atoms in total. The average molecular weight is 317 g/mol. The third-order valence-electron chi connectivity index (χ3n) is 2.57. The van der Waals surface area contributed by atoms with E-state index in [1.807, 2.05) is 6.92 Å². The zero-order chi connectivity index (χ0) is 13.3. The van der Waals surface area contributed by atoms with Gasteiger partial charge in [-0.1, -0.05) is 28.9 Å². The van der Waals surface area contributed by atoms with Gasteiger partial charge in [0.1, 0.15) is 17.2 Å². The van der Waals surface area contributed by atoms with Crippen LogP contribution in [0.25, 0.3) is 11.5 Å². The lowest BCUT2D eigenvalue weighted by Crippen LogP contribution is -1.93. The molecule has 1 aromatic heterocycles. The smallest absolute Gasteiger partial charge is 0.253 e. The van der Waals surface area contributed by atoms with Crippen LogP contribution in [0.2, 0.25) is 0 Å². The van der Waals surface area contributed by atoms with E-state index in [4.69, 9.17) is 4.42 Å². The Morgan fingerprint density at radius 2 is 2.06 bits per heavy atom. The Hall–Kier alpha value is -1.30. The third-order valence-corrected chi connectivity index (χ3v) is 3.60. The van der Waals surface area contributed by atoms with Gasteiger partial charge in [-0.2, -0.15) is 0 Å². The molecule has 1 heterocycles. The van der Waals surface area contributed by atoms with Gasteiger partial charge in [-0.05, 0) is 25.0 Å². The van der Waals surface area contributed by atoms with Crippen LogP contribution in [-0.4, -0.2) is 10.2 Å². The number of hydrogen-bond acceptors (Lipinski definition) is 3. The van der Waals surface area contributed by atoms with Gasteiger partial charge < -0.3 is 4.42 Å². The highest BCUT2D eigenvalue weighted by atomic mass is 79.9. The zero-order valence-corrected chi connectivity index (χ0v) is 11.5. The Morgan fingerprint density at radius 1 is 1.33 bits per heavy atom. The van der Waals surface area contributed by atoms with Gasteiger partial charge in [0.25, 0.3) is 5.89 Å². The highest BCUT2D eigenvalue weighted by molar-refractivity contribution is 9.09. The normalized spacial score (nSPS) is 12.7. The number of nitrogens with zero attached hydrogens (tertiary/aromatic N) is 2. The third kappa shape index (κ3) is 2.29. The molecule has 0 saturated heterocycles. The van der Waals surface area contributed by atoms with Crippen LogP contribution in [-0.2, 0) is 0 Å². The van der Waals surface area contributed by atoms with Gasteiger partial charge >= 0.3 is 0 Å². The summed E-state index contributed by atoms with van der Waals surface area (Å²) >= 11 is 3.34. The fourth-order valence-electron chi connectivity index (χ4n) is 1.49. The van der Waals surface area contributed by atoms with E-state index >= 15 is 0 Å². The van der Waals surface area contributed by atoms with E-state index in [-0.39, 0.29) is 16.3 Å². The van der Waals surface area contributed by atoms with E-state index < -0.39 is 11.6 Å². The molecule has 0 saturated carbocycles. The molecule has 2 rings (SSSR count). The van der Waals surface area contributed by atoms with Crippen molar-refractivity contribution in [2.24, 2.45) is 0 Å². The summed E-state index contributed by atoms with van der Waals surface area (Å²) in [4.78, 5) is -0.116.